The number of morpholine rings is 1. The van der Waals surface area contributed by atoms with Gasteiger partial charge in [0.2, 0.25) is 5.91 Å². The molecule has 1 aliphatic rings. The molecule has 2 rings (SSSR count). The number of nitrogens with zero attached hydrogens (tertiary/aromatic N) is 1. The Morgan fingerprint density at radius 2 is 2.00 bits per heavy atom. The van der Waals surface area contributed by atoms with Gasteiger partial charge in [0.15, 0.2) is 6.10 Å². The molecule has 0 aliphatic carbocycles. The summed E-state index contributed by atoms with van der Waals surface area (Å²) in [5, 5.41) is 3.22. The van der Waals surface area contributed by atoms with Gasteiger partial charge in [-0.05, 0) is 32.0 Å². The van der Waals surface area contributed by atoms with Crippen molar-refractivity contribution in [1.29, 1.82) is 0 Å². The van der Waals surface area contributed by atoms with Crippen LogP contribution in [0, 0.1) is 0 Å². The van der Waals surface area contributed by atoms with Crippen molar-refractivity contribution >= 4 is 23.4 Å². The first kappa shape index (κ1) is 17.6. The molecule has 0 spiro atoms. The maximum absolute atomic E-state index is 12.3. The molecule has 126 valence electrons. The summed E-state index contributed by atoms with van der Waals surface area (Å²) >= 11 is 5.88. The molecule has 1 fully saturated rings. The van der Waals surface area contributed by atoms with Gasteiger partial charge in [0, 0.05) is 18.1 Å². The number of hydrogen-bond acceptors (Lipinski definition) is 4. The first-order valence-electron chi connectivity index (χ1n) is 7.56. The highest BCUT2D eigenvalue weighted by molar-refractivity contribution is 6.30. The lowest BCUT2D eigenvalue weighted by Crippen LogP contribution is -2.52. The van der Waals surface area contributed by atoms with Gasteiger partial charge in [0.1, 0.15) is 11.8 Å². The first-order chi connectivity index (χ1) is 11.0. The van der Waals surface area contributed by atoms with E-state index < -0.39 is 12.1 Å². The van der Waals surface area contributed by atoms with E-state index in [1.54, 1.807) is 43.0 Å². The lowest BCUT2D eigenvalue weighted by atomic mass is 10.2. The summed E-state index contributed by atoms with van der Waals surface area (Å²) in [5.41, 5.74) is 0. The van der Waals surface area contributed by atoms with E-state index in [2.05, 4.69) is 5.32 Å². The van der Waals surface area contributed by atoms with Gasteiger partial charge in [-0.15, -0.1) is 0 Å². The number of ether oxygens (including phenoxy) is 2. The van der Waals surface area contributed by atoms with E-state index in [0.29, 0.717) is 37.1 Å². The Labute approximate surface area is 140 Å². The van der Waals surface area contributed by atoms with Crippen LogP contribution in [-0.4, -0.2) is 55.2 Å². The van der Waals surface area contributed by atoms with Gasteiger partial charge in [0.05, 0.1) is 13.2 Å². The van der Waals surface area contributed by atoms with Crippen LogP contribution < -0.4 is 10.1 Å². The number of carbonyl (C=O) groups is 2. The minimum atomic E-state index is -0.728. The monoisotopic (exact) mass is 340 g/mol. The lowest BCUT2D eigenvalue weighted by Gasteiger charge is -2.29. The standard InChI is InChI=1S/C16H21ClN2O4/c1-11(16(21)19-6-8-22-9-7-19)18-15(20)12(2)23-14-5-3-4-13(17)10-14/h3-5,10-12H,6-9H2,1-2H3,(H,18,20)/t11-,12+/m1/s1. The van der Waals surface area contributed by atoms with E-state index in [1.165, 1.54) is 0 Å². The van der Waals surface area contributed by atoms with Crippen LogP contribution in [-0.2, 0) is 14.3 Å². The Morgan fingerprint density at radius 1 is 1.30 bits per heavy atom. The van der Waals surface area contributed by atoms with Crippen LogP contribution in [0.2, 0.25) is 5.02 Å². The highest BCUT2D eigenvalue weighted by atomic mass is 35.5. The van der Waals surface area contributed by atoms with Gasteiger partial charge in [-0.2, -0.15) is 0 Å². The molecule has 0 saturated carbocycles. The third kappa shape index (κ3) is 5.11. The molecule has 1 aromatic carbocycles. The largest absolute Gasteiger partial charge is 0.481 e. The van der Waals surface area contributed by atoms with Crippen LogP contribution in [0.3, 0.4) is 0 Å². The predicted molar refractivity (Wildman–Crippen MR) is 86.5 cm³/mol. The summed E-state index contributed by atoms with van der Waals surface area (Å²) in [5.74, 6) is 0.0444. The Bertz CT molecular complexity index is 561. The van der Waals surface area contributed by atoms with E-state index in [4.69, 9.17) is 21.1 Å². The molecule has 1 aromatic rings. The van der Waals surface area contributed by atoms with Crippen LogP contribution >= 0.6 is 11.6 Å². The first-order valence-corrected chi connectivity index (χ1v) is 7.94. The average Bonchev–Trinajstić information content (AvgIpc) is 2.54. The van der Waals surface area contributed by atoms with Crippen molar-refractivity contribution in [3.63, 3.8) is 0 Å². The molecule has 23 heavy (non-hydrogen) atoms. The molecule has 1 heterocycles. The second-order valence-corrected chi connectivity index (χ2v) is 5.82. The molecule has 0 radical (unpaired) electrons. The molecule has 7 heteroatoms. The molecule has 0 bridgehead atoms. The van der Waals surface area contributed by atoms with Crippen LogP contribution in [0.25, 0.3) is 0 Å². The molecular formula is C16H21ClN2O4. The summed E-state index contributed by atoms with van der Waals surface area (Å²) in [6.45, 7) is 5.45. The topological polar surface area (TPSA) is 67.9 Å². The van der Waals surface area contributed by atoms with Crippen LogP contribution in [0.5, 0.6) is 5.75 Å². The SMILES string of the molecule is C[C@H](Oc1cccc(Cl)c1)C(=O)N[C@H](C)C(=O)N1CCOCC1. The number of hydrogen-bond donors (Lipinski definition) is 1. The molecule has 1 aliphatic heterocycles. The lowest BCUT2D eigenvalue weighted by molar-refractivity contribution is -0.140. The van der Waals surface area contributed by atoms with E-state index >= 15 is 0 Å². The van der Waals surface area contributed by atoms with E-state index in [1.807, 2.05) is 0 Å². The fourth-order valence-electron chi connectivity index (χ4n) is 2.25. The molecular weight excluding hydrogens is 320 g/mol. The second-order valence-electron chi connectivity index (χ2n) is 5.39. The van der Waals surface area contributed by atoms with Gasteiger partial charge in [-0.1, -0.05) is 17.7 Å². The van der Waals surface area contributed by atoms with Crippen LogP contribution in [0.4, 0.5) is 0 Å². The van der Waals surface area contributed by atoms with Crippen molar-refractivity contribution in [3.8, 4) is 5.75 Å². The molecule has 2 amide bonds. The minimum Gasteiger partial charge on any atom is -0.481 e. The Balaban J connectivity index is 1.85. The zero-order valence-corrected chi connectivity index (χ0v) is 14.0. The van der Waals surface area contributed by atoms with Crippen molar-refractivity contribution in [2.45, 2.75) is 26.0 Å². The third-order valence-corrected chi connectivity index (χ3v) is 3.77. The van der Waals surface area contributed by atoms with Crippen molar-refractivity contribution in [2.24, 2.45) is 0 Å². The van der Waals surface area contributed by atoms with Crippen LogP contribution in [0.1, 0.15) is 13.8 Å². The van der Waals surface area contributed by atoms with Crippen molar-refractivity contribution in [3.05, 3.63) is 29.3 Å². The molecule has 0 unspecified atom stereocenters. The van der Waals surface area contributed by atoms with Gasteiger partial charge >= 0.3 is 0 Å². The predicted octanol–water partition coefficient (Wildman–Crippen LogP) is 1.47. The summed E-state index contributed by atoms with van der Waals surface area (Å²) in [7, 11) is 0. The van der Waals surface area contributed by atoms with E-state index in [0.717, 1.165) is 0 Å². The molecule has 1 N–H and O–H groups in total. The summed E-state index contributed by atoms with van der Waals surface area (Å²) in [4.78, 5) is 26.1. The van der Waals surface area contributed by atoms with Gasteiger partial charge < -0.3 is 19.7 Å². The van der Waals surface area contributed by atoms with Gasteiger partial charge in [-0.3, -0.25) is 9.59 Å². The fourth-order valence-corrected chi connectivity index (χ4v) is 2.43. The Kier molecular flexibility index (Phi) is 6.24. The van der Waals surface area contributed by atoms with Crippen molar-refractivity contribution < 1.29 is 19.1 Å². The third-order valence-electron chi connectivity index (χ3n) is 3.53. The zero-order valence-electron chi connectivity index (χ0n) is 13.3. The normalized spacial score (nSPS) is 17.3. The summed E-state index contributed by atoms with van der Waals surface area (Å²) < 4.78 is 10.8. The highest BCUT2D eigenvalue weighted by Gasteiger charge is 2.25. The van der Waals surface area contributed by atoms with Crippen molar-refractivity contribution in [1.82, 2.24) is 10.2 Å². The summed E-state index contributed by atoms with van der Waals surface area (Å²) in [6, 6.07) is 6.21. The Morgan fingerprint density at radius 3 is 2.65 bits per heavy atom. The maximum Gasteiger partial charge on any atom is 0.261 e. The zero-order chi connectivity index (χ0) is 16.8. The van der Waals surface area contributed by atoms with E-state index in [9.17, 15) is 9.59 Å². The average molecular weight is 341 g/mol. The second kappa shape index (κ2) is 8.17. The quantitative estimate of drug-likeness (QED) is 0.881. The summed E-state index contributed by atoms with van der Waals surface area (Å²) in [6.07, 6.45) is -0.728. The van der Waals surface area contributed by atoms with Crippen molar-refractivity contribution in [2.75, 3.05) is 26.3 Å². The van der Waals surface area contributed by atoms with Gasteiger partial charge in [0.25, 0.3) is 5.91 Å². The number of rotatable bonds is 5. The van der Waals surface area contributed by atoms with Gasteiger partial charge in [-0.25, -0.2) is 0 Å². The molecule has 6 nitrogen and oxygen atoms in total. The molecule has 1 saturated heterocycles. The van der Waals surface area contributed by atoms with E-state index in [-0.39, 0.29) is 11.8 Å². The van der Waals surface area contributed by atoms with Crippen LogP contribution in [0.15, 0.2) is 24.3 Å². The number of halogens is 1. The minimum absolute atomic E-state index is 0.114. The molecule has 2 atom stereocenters. The number of amides is 2. The Hall–Kier alpha value is -1.79. The highest BCUT2D eigenvalue weighted by Crippen LogP contribution is 2.18. The number of benzene rings is 1. The molecule has 0 aromatic heterocycles. The smallest absolute Gasteiger partial charge is 0.261 e. The number of carbonyl (C=O) groups excluding carboxylic acids is 2. The fraction of sp³-hybridized carbons (Fsp3) is 0.500. The maximum atomic E-state index is 12.3. The number of nitrogens with one attached hydrogen (secondary N) is 1.